The number of fused-ring (bicyclic) bond motifs is 6. The van der Waals surface area contributed by atoms with Crippen molar-refractivity contribution in [1.82, 2.24) is 0 Å². The highest BCUT2D eigenvalue weighted by Gasteiger charge is 2.24. The molecule has 0 spiro atoms. The van der Waals surface area contributed by atoms with E-state index in [9.17, 15) is 0 Å². The molecule has 2 heteroatoms. The maximum absolute atomic E-state index is 2.50. The van der Waals surface area contributed by atoms with Crippen LogP contribution in [0.4, 0.5) is 17.1 Å². The number of hydrogen-bond donors (Lipinski definition) is 0. The van der Waals surface area contributed by atoms with Crippen LogP contribution in [0, 0.1) is 0 Å². The maximum Gasteiger partial charge on any atom is 0.0624 e. The molecule has 52 heavy (non-hydrogen) atoms. The molecule has 10 rings (SSSR count). The molecule has 0 atom stereocenters. The number of rotatable bonds is 6. The van der Waals surface area contributed by atoms with E-state index < -0.39 is 0 Å². The highest BCUT2D eigenvalue weighted by atomic mass is 32.1. The van der Waals surface area contributed by atoms with E-state index in [2.05, 4.69) is 205 Å². The smallest absolute Gasteiger partial charge is 0.0624 e. The van der Waals surface area contributed by atoms with Gasteiger partial charge in [0.05, 0.1) is 5.69 Å². The predicted molar refractivity (Wildman–Crippen MR) is 225 cm³/mol. The van der Waals surface area contributed by atoms with Crippen LogP contribution in [0.3, 0.4) is 0 Å². The van der Waals surface area contributed by atoms with E-state index in [1.165, 1.54) is 80.8 Å². The Balaban J connectivity index is 1.29. The number of nitrogens with zero attached hydrogens (tertiary/aromatic N) is 1. The monoisotopic (exact) mass is 679 g/mol. The van der Waals surface area contributed by atoms with Gasteiger partial charge in [0.25, 0.3) is 0 Å². The molecule has 0 aliphatic rings. The molecule has 0 fully saturated rings. The van der Waals surface area contributed by atoms with Crippen molar-refractivity contribution < 1.29 is 0 Å². The quantitative estimate of drug-likeness (QED) is 0.158. The molecular formula is C50H33NS. The molecule has 10 aromatic rings. The van der Waals surface area contributed by atoms with Crippen LogP contribution in [0.25, 0.3) is 75.1 Å². The van der Waals surface area contributed by atoms with Gasteiger partial charge in [-0.15, -0.1) is 11.3 Å². The van der Waals surface area contributed by atoms with E-state index in [1.807, 2.05) is 11.3 Å². The van der Waals surface area contributed by atoms with Crippen LogP contribution in [-0.2, 0) is 0 Å². The van der Waals surface area contributed by atoms with Gasteiger partial charge in [0.1, 0.15) is 0 Å². The summed E-state index contributed by atoms with van der Waals surface area (Å²) in [6.07, 6.45) is 0. The molecule has 1 aromatic heterocycles. The van der Waals surface area contributed by atoms with Gasteiger partial charge in [0, 0.05) is 42.5 Å². The van der Waals surface area contributed by atoms with Gasteiger partial charge in [-0.25, -0.2) is 0 Å². The van der Waals surface area contributed by atoms with Crippen molar-refractivity contribution >= 4 is 70.1 Å². The molecular weight excluding hydrogens is 647 g/mol. The molecule has 1 nitrogen and oxygen atoms in total. The van der Waals surface area contributed by atoms with Crippen molar-refractivity contribution in [3.63, 3.8) is 0 Å². The van der Waals surface area contributed by atoms with Crippen LogP contribution in [0.2, 0.25) is 0 Å². The zero-order valence-corrected chi connectivity index (χ0v) is 29.2. The van der Waals surface area contributed by atoms with Crippen LogP contribution >= 0.6 is 11.3 Å². The summed E-state index contributed by atoms with van der Waals surface area (Å²) in [5, 5.41) is 7.56. The first-order valence-corrected chi connectivity index (χ1v) is 18.6. The standard InChI is InChI=1S/C50H33NS/c1-3-16-34(17-4-1)36-20-13-22-38(32-36)51(39-23-14-21-37(33-39)40-29-15-30-46-43-26-11-12-31-47(43)52-50(40)46)49-45-28-10-8-25-42(45)41-24-7-9-27-44(41)48(49)35-18-5-2-6-19-35/h1-33H. The van der Waals surface area contributed by atoms with Crippen LogP contribution in [-0.4, -0.2) is 0 Å². The van der Waals surface area contributed by atoms with Crippen molar-refractivity contribution in [3.05, 3.63) is 200 Å². The number of benzene rings is 9. The molecule has 0 radical (unpaired) electrons. The van der Waals surface area contributed by atoms with Crippen molar-refractivity contribution in [2.24, 2.45) is 0 Å². The number of hydrogen-bond acceptors (Lipinski definition) is 2. The average Bonchev–Trinajstić information content (AvgIpc) is 3.61. The summed E-state index contributed by atoms with van der Waals surface area (Å²) in [5.41, 5.74) is 10.6. The SMILES string of the molecule is c1ccc(-c2cccc(N(c3cccc(-c4cccc5c4sc4ccccc45)c3)c3c(-c4ccccc4)c4ccccc4c4ccccc34)c2)cc1. The predicted octanol–water partition coefficient (Wildman–Crippen LogP) is 14.8. The summed E-state index contributed by atoms with van der Waals surface area (Å²) in [6.45, 7) is 0. The summed E-state index contributed by atoms with van der Waals surface area (Å²) in [5.74, 6) is 0. The fourth-order valence-electron chi connectivity index (χ4n) is 7.90. The fraction of sp³-hybridized carbons (Fsp3) is 0. The Morgan fingerprint density at radius 2 is 0.827 bits per heavy atom. The molecule has 0 aliphatic heterocycles. The Morgan fingerprint density at radius 3 is 1.56 bits per heavy atom. The lowest BCUT2D eigenvalue weighted by Gasteiger charge is -2.31. The van der Waals surface area contributed by atoms with Gasteiger partial charge in [0.2, 0.25) is 0 Å². The molecule has 0 saturated heterocycles. The Hall–Kier alpha value is -6.48. The first-order valence-electron chi connectivity index (χ1n) is 17.8. The first kappa shape index (κ1) is 30.4. The van der Waals surface area contributed by atoms with E-state index in [1.54, 1.807) is 0 Å². The second kappa shape index (κ2) is 12.7. The molecule has 9 aromatic carbocycles. The Labute approximate surface area is 307 Å². The maximum atomic E-state index is 2.50. The minimum Gasteiger partial charge on any atom is -0.309 e. The van der Waals surface area contributed by atoms with Crippen LogP contribution < -0.4 is 4.90 Å². The van der Waals surface area contributed by atoms with Gasteiger partial charge >= 0.3 is 0 Å². The third kappa shape index (κ3) is 5.07. The topological polar surface area (TPSA) is 3.24 Å². The largest absolute Gasteiger partial charge is 0.309 e. The zero-order chi connectivity index (χ0) is 34.4. The van der Waals surface area contributed by atoms with E-state index in [4.69, 9.17) is 0 Å². The van der Waals surface area contributed by atoms with Crippen LogP contribution in [0.1, 0.15) is 0 Å². The van der Waals surface area contributed by atoms with Crippen LogP contribution in [0.5, 0.6) is 0 Å². The molecule has 0 saturated carbocycles. The number of anilines is 3. The van der Waals surface area contributed by atoms with E-state index in [0.29, 0.717) is 0 Å². The molecule has 0 bridgehead atoms. The van der Waals surface area contributed by atoms with Crippen LogP contribution in [0.15, 0.2) is 200 Å². The van der Waals surface area contributed by atoms with Crippen molar-refractivity contribution in [1.29, 1.82) is 0 Å². The van der Waals surface area contributed by atoms with Gasteiger partial charge in [-0.1, -0.05) is 170 Å². The van der Waals surface area contributed by atoms with E-state index in [-0.39, 0.29) is 0 Å². The Morgan fingerprint density at radius 1 is 0.327 bits per heavy atom. The minimum absolute atomic E-state index is 1.11. The summed E-state index contributed by atoms with van der Waals surface area (Å²) in [4.78, 5) is 2.50. The second-order valence-corrected chi connectivity index (χ2v) is 14.3. The molecule has 1 heterocycles. The summed E-state index contributed by atoms with van der Waals surface area (Å²) in [6, 6.07) is 73.0. The molecule has 0 aliphatic carbocycles. The number of thiophene rings is 1. The third-order valence-corrected chi connectivity index (χ3v) is 11.4. The third-order valence-electron chi connectivity index (χ3n) is 10.2. The normalized spacial score (nSPS) is 11.5. The van der Waals surface area contributed by atoms with Crippen molar-refractivity contribution in [2.75, 3.05) is 4.90 Å². The van der Waals surface area contributed by atoms with Gasteiger partial charge in [-0.3, -0.25) is 0 Å². The molecule has 0 amide bonds. The summed E-state index contributed by atoms with van der Waals surface area (Å²) < 4.78 is 2.63. The van der Waals surface area contributed by atoms with E-state index in [0.717, 1.165) is 11.4 Å². The Kier molecular flexibility index (Phi) is 7.41. The molecule has 0 N–H and O–H groups in total. The van der Waals surface area contributed by atoms with E-state index >= 15 is 0 Å². The highest BCUT2D eigenvalue weighted by molar-refractivity contribution is 7.26. The molecule has 0 unspecified atom stereocenters. The van der Waals surface area contributed by atoms with Gasteiger partial charge in [0.15, 0.2) is 0 Å². The lowest BCUT2D eigenvalue weighted by Crippen LogP contribution is -2.12. The molecule has 244 valence electrons. The first-order chi connectivity index (χ1) is 25.8. The Bertz CT molecular complexity index is 2910. The minimum atomic E-state index is 1.11. The lowest BCUT2D eigenvalue weighted by molar-refractivity contribution is 1.30. The van der Waals surface area contributed by atoms with Gasteiger partial charge < -0.3 is 4.90 Å². The highest BCUT2D eigenvalue weighted by Crippen LogP contribution is 2.50. The van der Waals surface area contributed by atoms with Crippen molar-refractivity contribution in [3.8, 4) is 33.4 Å². The average molecular weight is 680 g/mol. The second-order valence-electron chi connectivity index (χ2n) is 13.3. The van der Waals surface area contributed by atoms with Crippen molar-refractivity contribution in [2.45, 2.75) is 0 Å². The lowest BCUT2D eigenvalue weighted by atomic mass is 9.89. The zero-order valence-electron chi connectivity index (χ0n) is 28.4. The fourth-order valence-corrected chi connectivity index (χ4v) is 9.14. The summed E-state index contributed by atoms with van der Waals surface area (Å²) in [7, 11) is 0. The van der Waals surface area contributed by atoms with Gasteiger partial charge in [-0.2, -0.15) is 0 Å². The summed E-state index contributed by atoms with van der Waals surface area (Å²) >= 11 is 1.88. The van der Waals surface area contributed by atoms with Gasteiger partial charge in [-0.05, 0) is 74.3 Å².